The van der Waals surface area contributed by atoms with Gasteiger partial charge in [-0.3, -0.25) is 4.79 Å². The molecule has 0 spiro atoms. The summed E-state index contributed by atoms with van der Waals surface area (Å²) in [5.74, 6) is 1.91. The Balaban J connectivity index is 1.94. The number of benzene rings is 2. The van der Waals surface area contributed by atoms with Gasteiger partial charge in [0.1, 0.15) is 11.6 Å². The summed E-state index contributed by atoms with van der Waals surface area (Å²) >= 11 is 0. The van der Waals surface area contributed by atoms with Crippen LogP contribution < -0.4 is 19.5 Å². The molecule has 28 heavy (non-hydrogen) atoms. The summed E-state index contributed by atoms with van der Waals surface area (Å²) in [5.41, 5.74) is 2.16. The summed E-state index contributed by atoms with van der Waals surface area (Å²) < 4.78 is 16.0. The van der Waals surface area contributed by atoms with Crippen molar-refractivity contribution in [1.82, 2.24) is 15.3 Å². The molecule has 7 nitrogen and oxygen atoms in total. The molecule has 1 unspecified atom stereocenters. The lowest BCUT2D eigenvalue weighted by molar-refractivity contribution is 0.0920. The Bertz CT molecular complexity index is 948. The van der Waals surface area contributed by atoms with Crippen LogP contribution >= 0.6 is 0 Å². The van der Waals surface area contributed by atoms with Crippen LogP contribution in [0.3, 0.4) is 0 Å². The summed E-state index contributed by atoms with van der Waals surface area (Å²) in [6.07, 6.45) is 0. The molecule has 1 amide bonds. The van der Waals surface area contributed by atoms with E-state index in [1.165, 1.54) is 21.3 Å². The fraction of sp³-hybridized carbons (Fsp3) is 0.333. The zero-order chi connectivity index (χ0) is 20.3. The summed E-state index contributed by atoms with van der Waals surface area (Å²) in [4.78, 5) is 21.0. The molecule has 1 atom stereocenters. The Hall–Kier alpha value is -3.22. The highest BCUT2D eigenvalue weighted by Crippen LogP contribution is 2.35. The van der Waals surface area contributed by atoms with Crippen molar-refractivity contribution in [3.8, 4) is 17.2 Å². The third-order valence-corrected chi connectivity index (χ3v) is 4.61. The van der Waals surface area contributed by atoms with E-state index >= 15 is 0 Å². The van der Waals surface area contributed by atoms with E-state index in [1.54, 1.807) is 12.1 Å². The lowest BCUT2D eigenvalue weighted by atomic mass is 10.0. The summed E-state index contributed by atoms with van der Waals surface area (Å²) in [5, 5.41) is 3.06. The fourth-order valence-corrected chi connectivity index (χ4v) is 3.10. The minimum Gasteiger partial charge on any atom is -0.496 e. The highest BCUT2D eigenvalue weighted by atomic mass is 16.5. The van der Waals surface area contributed by atoms with E-state index in [-0.39, 0.29) is 17.9 Å². The first kappa shape index (κ1) is 19.5. The number of aromatic amines is 1. The maximum Gasteiger partial charge on any atom is 0.255 e. The summed E-state index contributed by atoms with van der Waals surface area (Å²) in [7, 11) is 4.57. The average molecular weight is 383 g/mol. The number of hydrogen-bond acceptors (Lipinski definition) is 5. The van der Waals surface area contributed by atoms with Gasteiger partial charge in [0.15, 0.2) is 11.5 Å². The number of carbonyl (C=O) groups is 1. The maximum atomic E-state index is 13.1. The van der Waals surface area contributed by atoms with Gasteiger partial charge in [-0.25, -0.2) is 4.98 Å². The highest BCUT2D eigenvalue weighted by Gasteiger charge is 2.25. The second-order valence-electron chi connectivity index (χ2n) is 6.74. The van der Waals surface area contributed by atoms with Crippen molar-refractivity contribution in [2.45, 2.75) is 19.9 Å². The smallest absolute Gasteiger partial charge is 0.255 e. The van der Waals surface area contributed by atoms with Crippen LogP contribution in [-0.2, 0) is 0 Å². The number of aromatic nitrogens is 2. The SMILES string of the molecule is COc1cc(OC)c(C(=O)NC(c2nc3ccccc3[nH]2)C(C)C)cc1OC. The molecule has 3 rings (SSSR count). The lowest BCUT2D eigenvalue weighted by Crippen LogP contribution is -2.32. The van der Waals surface area contributed by atoms with Crippen molar-refractivity contribution < 1.29 is 19.0 Å². The van der Waals surface area contributed by atoms with E-state index in [0.29, 0.717) is 28.6 Å². The van der Waals surface area contributed by atoms with Crippen LogP contribution in [0.1, 0.15) is 36.1 Å². The molecule has 0 aliphatic rings. The van der Waals surface area contributed by atoms with Crippen molar-refractivity contribution >= 4 is 16.9 Å². The monoisotopic (exact) mass is 383 g/mol. The van der Waals surface area contributed by atoms with Gasteiger partial charge in [0.25, 0.3) is 5.91 Å². The summed E-state index contributed by atoms with van der Waals surface area (Å²) in [6.45, 7) is 4.06. The minimum atomic E-state index is -0.294. The third-order valence-electron chi connectivity index (χ3n) is 4.61. The number of ether oxygens (including phenoxy) is 3. The zero-order valence-corrected chi connectivity index (χ0v) is 16.7. The molecule has 148 valence electrons. The first-order valence-corrected chi connectivity index (χ1v) is 9.04. The Morgan fingerprint density at radius 2 is 1.64 bits per heavy atom. The van der Waals surface area contributed by atoms with E-state index < -0.39 is 0 Å². The van der Waals surface area contributed by atoms with Gasteiger partial charge in [-0.15, -0.1) is 0 Å². The van der Waals surface area contributed by atoms with Crippen molar-refractivity contribution in [2.75, 3.05) is 21.3 Å². The highest BCUT2D eigenvalue weighted by molar-refractivity contribution is 5.98. The number of carbonyl (C=O) groups excluding carboxylic acids is 1. The number of para-hydroxylation sites is 2. The Labute approximate surface area is 164 Å². The van der Waals surface area contributed by atoms with Gasteiger partial charge in [0.05, 0.1) is 44.0 Å². The first-order valence-electron chi connectivity index (χ1n) is 9.04. The van der Waals surface area contributed by atoms with E-state index in [0.717, 1.165) is 11.0 Å². The normalized spacial score (nSPS) is 12.1. The molecular weight excluding hydrogens is 358 g/mol. The van der Waals surface area contributed by atoms with Gasteiger partial charge in [0.2, 0.25) is 0 Å². The number of imidazole rings is 1. The van der Waals surface area contributed by atoms with E-state index in [4.69, 9.17) is 14.2 Å². The number of amides is 1. The third kappa shape index (κ3) is 3.74. The number of nitrogens with zero attached hydrogens (tertiary/aromatic N) is 1. The molecule has 2 aromatic carbocycles. The quantitative estimate of drug-likeness (QED) is 0.650. The molecule has 0 saturated heterocycles. The largest absolute Gasteiger partial charge is 0.496 e. The van der Waals surface area contributed by atoms with E-state index in [2.05, 4.69) is 15.3 Å². The van der Waals surface area contributed by atoms with Gasteiger partial charge in [-0.2, -0.15) is 0 Å². The van der Waals surface area contributed by atoms with Crippen LogP contribution in [0.2, 0.25) is 0 Å². The molecule has 1 aromatic heterocycles. The van der Waals surface area contributed by atoms with Crippen molar-refractivity contribution in [3.05, 3.63) is 47.8 Å². The van der Waals surface area contributed by atoms with Crippen LogP contribution in [0, 0.1) is 5.92 Å². The Morgan fingerprint density at radius 3 is 2.25 bits per heavy atom. The number of hydrogen-bond donors (Lipinski definition) is 2. The summed E-state index contributed by atoms with van der Waals surface area (Å²) in [6, 6.07) is 10.7. The molecule has 0 aliphatic carbocycles. The Morgan fingerprint density at radius 1 is 1.00 bits per heavy atom. The standard InChI is InChI=1S/C21H25N3O4/c1-12(2)19(20-22-14-8-6-7-9-15(14)23-20)24-21(25)13-10-17(27-4)18(28-5)11-16(13)26-3/h6-12,19H,1-5H3,(H,22,23)(H,24,25). The van der Waals surface area contributed by atoms with Crippen LogP contribution in [0.5, 0.6) is 17.2 Å². The Kier molecular flexibility index (Phi) is 5.73. The van der Waals surface area contributed by atoms with Gasteiger partial charge in [-0.1, -0.05) is 26.0 Å². The maximum absolute atomic E-state index is 13.1. The van der Waals surface area contributed by atoms with Gasteiger partial charge >= 0.3 is 0 Å². The van der Waals surface area contributed by atoms with Crippen LogP contribution in [0.15, 0.2) is 36.4 Å². The molecule has 0 fully saturated rings. The predicted molar refractivity (Wildman–Crippen MR) is 107 cm³/mol. The van der Waals surface area contributed by atoms with Crippen molar-refractivity contribution in [3.63, 3.8) is 0 Å². The minimum absolute atomic E-state index is 0.121. The van der Waals surface area contributed by atoms with Crippen LogP contribution in [0.4, 0.5) is 0 Å². The molecular formula is C21H25N3O4. The second kappa shape index (κ2) is 8.21. The van der Waals surface area contributed by atoms with Gasteiger partial charge in [0, 0.05) is 12.1 Å². The van der Waals surface area contributed by atoms with Gasteiger partial charge in [-0.05, 0) is 18.1 Å². The number of fused-ring (bicyclic) bond motifs is 1. The molecule has 3 aromatic rings. The van der Waals surface area contributed by atoms with Crippen LogP contribution in [-0.4, -0.2) is 37.2 Å². The van der Waals surface area contributed by atoms with Crippen LogP contribution in [0.25, 0.3) is 11.0 Å². The topological polar surface area (TPSA) is 85.5 Å². The van der Waals surface area contributed by atoms with Crippen molar-refractivity contribution in [2.24, 2.45) is 5.92 Å². The molecule has 2 N–H and O–H groups in total. The number of rotatable bonds is 7. The molecule has 0 aliphatic heterocycles. The fourth-order valence-electron chi connectivity index (χ4n) is 3.10. The second-order valence-corrected chi connectivity index (χ2v) is 6.74. The molecule has 0 bridgehead atoms. The van der Waals surface area contributed by atoms with Gasteiger partial charge < -0.3 is 24.5 Å². The molecule has 1 heterocycles. The van der Waals surface area contributed by atoms with E-state index in [1.807, 2.05) is 38.1 Å². The number of methoxy groups -OCH3 is 3. The lowest BCUT2D eigenvalue weighted by Gasteiger charge is -2.21. The molecule has 0 saturated carbocycles. The molecule has 7 heteroatoms. The zero-order valence-electron chi connectivity index (χ0n) is 16.7. The number of H-pyrrole nitrogens is 1. The van der Waals surface area contributed by atoms with E-state index in [9.17, 15) is 4.79 Å². The molecule has 0 radical (unpaired) electrons. The number of nitrogens with one attached hydrogen (secondary N) is 2. The average Bonchev–Trinajstić information content (AvgIpc) is 3.14. The van der Waals surface area contributed by atoms with Crippen molar-refractivity contribution in [1.29, 1.82) is 0 Å². The first-order chi connectivity index (χ1) is 13.5. The predicted octanol–water partition coefficient (Wildman–Crippen LogP) is 3.72.